The van der Waals surface area contributed by atoms with E-state index >= 15 is 0 Å². The number of carboxylic acids is 1. The molecule has 1 aliphatic heterocycles. The van der Waals surface area contributed by atoms with Crippen LogP contribution in [0.15, 0.2) is 0 Å². The Hall–Kier alpha value is -1.47. The van der Waals surface area contributed by atoms with Gasteiger partial charge < -0.3 is 15.3 Å². The van der Waals surface area contributed by atoms with Gasteiger partial charge in [0.2, 0.25) is 0 Å². The normalized spacial score (nSPS) is 29.4. The Bertz CT molecular complexity index is 428. The number of halogens is 3. The molecule has 0 aromatic heterocycles. The molecular weight excluding hydrogens is 301 g/mol. The van der Waals surface area contributed by atoms with Gasteiger partial charge in [-0.15, -0.1) is 0 Å². The topological polar surface area (TPSA) is 69.6 Å². The molecule has 2 aliphatic rings. The van der Waals surface area contributed by atoms with Crippen LogP contribution in [0.4, 0.5) is 18.0 Å². The van der Waals surface area contributed by atoms with Gasteiger partial charge in [0.25, 0.3) is 0 Å². The zero-order valence-corrected chi connectivity index (χ0v) is 12.2. The van der Waals surface area contributed by atoms with Crippen LogP contribution in [0.1, 0.15) is 38.5 Å². The van der Waals surface area contributed by atoms with Gasteiger partial charge in [-0.3, -0.25) is 4.79 Å². The molecular formula is C14H21F3N2O3. The highest BCUT2D eigenvalue weighted by Gasteiger charge is 2.38. The minimum Gasteiger partial charge on any atom is -0.481 e. The number of alkyl halides is 3. The number of nitrogens with one attached hydrogen (secondary N) is 1. The van der Waals surface area contributed by atoms with Crippen LogP contribution < -0.4 is 5.32 Å². The second kappa shape index (κ2) is 6.75. The van der Waals surface area contributed by atoms with Gasteiger partial charge in [0, 0.05) is 25.6 Å². The smallest absolute Gasteiger partial charge is 0.389 e. The molecule has 2 rings (SSSR count). The summed E-state index contributed by atoms with van der Waals surface area (Å²) in [6.45, 7) is 0.456. The Morgan fingerprint density at radius 2 is 1.86 bits per heavy atom. The van der Waals surface area contributed by atoms with Gasteiger partial charge in [-0.1, -0.05) is 12.8 Å². The molecule has 1 heterocycles. The molecule has 0 bridgehead atoms. The Morgan fingerprint density at radius 3 is 2.45 bits per heavy atom. The number of amides is 2. The summed E-state index contributed by atoms with van der Waals surface area (Å²) in [5, 5.41) is 11.6. The van der Waals surface area contributed by atoms with E-state index in [1.807, 2.05) is 0 Å². The maximum Gasteiger partial charge on any atom is 0.389 e. The zero-order valence-electron chi connectivity index (χ0n) is 12.2. The van der Waals surface area contributed by atoms with Crippen LogP contribution in [-0.2, 0) is 4.79 Å². The number of aliphatic carboxylic acids is 1. The van der Waals surface area contributed by atoms with Crippen LogP contribution >= 0.6 is 0 Å². The van der Waals surface area contributed by atoms with Gasteiger partial charge in [0.05, 0.1) is 5.92 Å². The first-order chi connectivity index (χ1) is 10.3. The quantitative estimate of drug-likeness (QED) is 0.839. The Morgan fingerprint density at radius 1 is 1.18 bits per heavy atom. The lowest BCUT2D eigenvalue weighted by atomic mass is 9.82. The summed E-state index contributed by atoms with van der Waals surface area (Å²) in [6.07, 6.45) is -2.16. The molecule has 1 unspecified atom stereocenters. The first-order valence-electron chi connectivity index (χ1n) is 7.61. The van der Waals surface area contributed by atoms with Crippen molar-refractivity contribution in [2.45, 2.75) is 50.7 Å². The summed E-state index contributed by atoms with van der Waals surface area (Å²) in [6, 6.07) is -0.922. The molecule has 3 atom stereocenters. The van der Waals surface area contributed by atoms with E-state index in [1.165, 1.54) is 4.90 Å². The number of hydrogen-bond acceptors (Lipinski definition) is 2. The largest absolute Gasteiger partial charge is 0.481 e. The van der Waals surface area contributed by atoms with Crippen LogP contribution in [0.2, 0.25) is 0 Å². The van der Waals surface area contributed by atoms with Crippen molar-refractivity contribution in [1.29, 1.82) is 0 Å². The lowest BCUT2D eigenvalue weighted by molar-refractivity contribution is -0.148. The summed E-state index contributed by atoms with van der Waals surface area (Å²) in [5.41, 5.74) is 0. The third-order valence-corrected chi connectivity index (χ3v) is 4.54. The highest BCUT2D eigenvalue weighted by Crippen LogP contribution is 2.34. The Kier molecular flexibility index (Phi) is 5.18. The van der Waals surface area contributed by atoms with Crippen LogP contribution in [0, 0.1) is 11.8 Å². The molecule has 1 saturated heterocycles. The van der Waals surface area contributed by atoms with E-state index < -0.39 is 42.5 Å². The van der Waals surface area contributed by atoms with Crippen molar-refractivity contribution >= 4 is 12.0 Å². The Balaban J connectivity index is 1.90. The molecule has 1 saturated carbocycles. The summed E-state index contributed by atoms with van der Waals surface area (Å²) in [7, 11) is 0. The van der Waals surface area contributed by atoms with Crippen LogP contribution in [0.3, 0.4) is 0 Å². The summed E-state index contributed by atoms with van der Waals surface area (Å²) in [4.78, 5) is 24.4. The number of carbonyl (C=O) groups is 2. The predicted octanol–water partition coefficient (Wildman–Crippen LogP) is 2.61. The number of carbonyl (C=O) groups excluding carboxylic acids is 1. The van der Waals surface area contributed by atoms with Crippen LogP contribution in [-0.4, -0.2) is 47.3 Å². The summed E-state index contributed by atoms with van der Waals surface area (Å²) < 4.78 is 37.8. The second-order valence-corrected chi connectivity index (χ2v) is 6.19. The maximum absolute atomic E-state index is 12.6. The molecule has 1 aliphatic carbocycles. The molecule has 0 spiro atoms. The van der Waals surface area contributed by atoms with E-state index in [9.17, 15) is 22.8 Å². The molecule has 5 nitrogen and oxygen atoms in total. The average Bonchev–Trinajstić information content (AvgIpc) is 2.89. The minimum absolute atomic E-state index is 0.123. The van der Waals surface area contributed by atoms with Crippen LogP contribution in [0.25, 0.3) is 0 Å². The number of nitrogens with zero attached hydrogens (tertiary/aromatic N) is 1. The van der Waals surface area contributed by atoms with Crippen molar-refractivity contribution in [2.24, 2.45) is 11.8 Å². The molecule has 126 valence electrons. The lowest BCUT2D eigenvalue weighted by Crippen LogP contribution is -2.48. The third kappa shape index (κ3) is 4.51. The van der Waals surface area contributed by atoms with E-state index in [-0.39, 0.29) is 6.54 Å². The first-order valence-corrected chi connectivity index (χ1v) is 7.61. The van der Waals surface area contributed by atoms with Gasteiger partial charge in [-0.25, -0.2) is 4.79 Å². The highest BCUT2D eigenvalue weighted by atomic mass is 19.4. The van der Waals surface area contributed by atoms with E-state index in [0.29, 0.717) is 25.8 Å². The number of carboxylic acid groups (broad SMARTS) is 1. The highest BCUT2D eigenvalue weighted by molar-refractivity contribution is 5.77. The molecule has 0 radical (unpaired) electrons. The van der Waals surface area contributed by atoms with E-state index in [0.717, 1.165) is 12.8 Å². The van der Waals surface area contributed by atoms with Crippen molar-refractivity contribution in [1.82, 2.24) is 10.2 Å². The summed E-state index contributed by atoms with van der Waals surface area (Å²) >= 11 is 0. The molecule has 22 heavy (non-hydrogen) atoms. The van der Waals surface area contributed by atoms with Gasteiger partial charge in [-0.2, -0.15) is 13.2 Å². The number of rotatable bonds is 3. The standard InChI is InChI=1S/C14H21F3N2O3/c15-14(16,17)7-9-3-1-2-4-11(9)18-13(22)19-6-5-10(8-19)12(20)21/h9-11H,1-8H2,(H,18,22)(H,20,21)/t9-,10?,11-/m0/s1. The molecule has 2 N–H and O–H groups in total. The van der Waals surface area contributed by atoms with Crippen molar-refractivity contribution in [3.05, 3.63) is 0 Å². The first kappa shape index (κ1) is 16.9. The van der Waals surface area contributed by atoms with Crippen molar-refractivity contribution in [3.63, 3.8) is 0 Å². The minimum atomic E-state index is -4.23. The molecule has 8 heteroatoms. The lowest BCUT2D eigenvalue weighted by Gasteiger charge is -2.34. The van der Waals surface area contributed by atoms with E-state index in [4.69, 9.17) is 5.11 Å². The zero-order chi connectivity index (χ0) is 16.3. The SMILES string of the molecule is O=C(O)C1CCN(C(=O)N[C@H]2CCCC[C@H]2CC(F)(F)F)C1. The molecule has 2 amide bonds. The molecule has 0 aromatic carbocycles. The maximum atomic E-state index is 12.6. The molecule has 0 aromatic rings. The van der Waals surface area contributed by atoms with E-state index in [1.54, 1.807) is 0 Å². The van der Waals surface area contributed by atoms with Gasteiger partial charge in [0.15, 0.2) is 0 Å². The van der Waals surface area contributed by atoms with Gasteiger partial charge in [0.1, 0.15) is 0 Å². The van der Waals surface area contributed by atoms with Crippen molar-refractivity contribution in [2.75, 3.05) is 13.1 Å². The number of urea groups is 1. The van der Waals surface area contributed by atoms with Crippen LogP contribution in [0.5, 0.6) is 0 Å². The van der Waals surface area contributed by atoms with Gasteiger partial charge >= 0.3 is 18.2 Å². The molecule has 2 fully saturated rings. The van der Waals surface area contributed by atoms with Crippen molar-refractivity contribution in [3.8, 4) is 0 Å². The monoisotopic (exact) mass is 322 g/mol. The fourth-order valence-electron chi connectivity index (χ4n) is 3.34. The fourth-order valence-corrected chi connectivity index (χ4v) is 3.34. The number of likely N-dealkylation sites (tertiary alicyclic amines) is 1. The fraction of sp³-hybridized carbons (Fsp3) is 0.857. The third-order valence-electron chi connectivity index (χ3n) is 4.54. The average molecular weight is 322 g/mol. The van der Waals surface area contributed by atoms with E-state index in [2.05, 4.69) is 5.32 Å². The Labute approximate surface area is 126 Å². The summed E-state index contributed by atoms with van der Waals surface area (Å²) in [5.74, 6) is -2.11. The van der Waals surface area contributed by atoms with Crippen molar-refractivity contribution < 1.29 is 27.9 Å². The predicted molar refractivity (Wildman–Crippen MR) is 72.3 cm³/mol. The number of hydrogen-bond donors (Lipinski definition) is 2. The second-order valence-electron chi connectivity index (χ2n) is 6.19. The van der Waals surface area contributed by atoms with Gasteiger partial charge in [-0.05, 0) is 25.2 Å².